The molecule has 0 spiro atoms. The van der Waals surface area contributed by atoms with Crippen LogP contribution in [0.5, 0.6) is 0 Å². The van der Waals surface area contributed by atoms with E-state index in [1.54, 1.807) is 0 Å². The van der Waals surface area contributed by atoms with Crippen molar-refractivity contribution in [3.63, 3.8) is 0 Å². The number of amides is 1. The molecule has 1 heterocycles. The maximum atomic E-state index is 12.2. The van der Waals surface area contributed by atoms with E-state index in [9.17, 15) is 4.79 Å². The van der Waals surface area contributed by atoms with Crippen LogP contribution in [0.25, 0.3) is 0 Å². The van der Waals surface area contributed by atoms with Crippen molar-refractivity contribution in [2.24, 2.45) is 0 Å². The lowest BCUT2D eigenvalue weighted by molar-refractivity contribution is 0.0906. The summed E-state index contributed by atoms with van der Waals surface area (Å²) in [6.07, 6.45) is 0. The molecule has 1 unspecified atom stereocenters. The Bertz CT molecular complexity index is 651. The zero-order valence-electron chi connectivity index (χ0n) is 11.0. The number of carbonyl (C=O) groups is 1. The normalized spacial score (nSPS) is 21.3. The van der Waals surface area contributed by atoms with Crippen molar-refractivity contribution in [1.82, 2.24) is 5.32 Å². The Kier molecular flexibility index (Phi) is 2.56. The van der Waals surface area contributed by atoms with E-state index in [1.807, 2.05) is 49.4 Å². The van der Waals surface area contributed by atoms with Crippen molar-refractivity contribution in [3.05, 3.63) is 65.2 Å². The zero-order valence-corrected chi connectivity index (χ0v) is 11.0. The topological polar surface area (TPSA) is 41.1 Å². The van der Waals surface area contributed by atoms with Gasteiger partial charge in [0.2, 0.25) is 0 Å². The third kappa shape index (κ3) is 1.87. The minimum Gasteiger partial charge on any atom is -0.359 e. The Morgan fingerprint density at radius 2 is 1.63 bits per heavy atom. The summed E-state index contributed by atoms with van der Waals surface area (Å²) in [5.41, 5.74) is 3.22. The molecule has 1 aliphatic heterocycles. The number of fused-ring (bicyclic) bond motifs is 1. The van der Waals surface area contributed by atoms with E-state index in [0.29, 0.717) is 5.56 Å². The number of aryl methyl sites for hydroxylation is 1. The first-order chi connectivity index (χ1) is 9.10. The number of hydrogen-bond acceptors (Lipinski definition) is 2. The summed E-state index contributed by atoms with van der Waals surface area (Å²) in [6.45, 7) is 4.04. The monoisotopic (exact) mass is 252 g/mol. The Labute approximate surface area is 112 Å². The number of nitrogens with one attached hydrogen (secondary N) is 2. The number of benzene rings is 2. The second-order valence-corrected chi connectivity index (χ2v) is 5.06. The van der Waals surface area contributed by atoms with Gasteiger partial charge >= 0.3 is 0 Å². The Balaban J connectivity index is 2.09. The molecule has 3 rings (SSSR count). The van der Waals surface area contributed by atoms with E-state index in [0.717, 1.165) is 16.8 Å². The van der Waals surface area contributed by atoms with E-state index in [-0.39, 0.29) is 5.91 Å². The first-order valence-electron chi connectivity index (χ1n) is 6.36. The van der Waals surface area contributed by atoms with E-state index in [2.05, 4.69) is 23.6 Å². The van der Waals surface area contributed by atoms with Gasteiger partial charge in [0.1, 0.15) is 5.66 Å². The Hall–Kier alpha value is -2.29. The van der Waals surface area contributed by atoms with Gasteiger partial charge in [-0.05, 0) is 31.5 Å². The molecule has 2 aromatic carbocycles. The smallest absolute Gasteiger partial charge is 0.255 e. The van der Waals surface area contributed by atoms with E-state index in [1.165, 1.54) is 0 Å². The SMILES string of the molecule is Cc1ccccc1C1(C)NC(=O)c2ccccc2N1. The molecular formula is C16H16N2O. The third-order valence-electron chi connectivity index (χ3n) is 3.60. The molecule has 1 amide bonds. The molecule has 0 saturated carbocycles. The lowest BCUT2D eigenvalue weighted by atomic mass is 9.93. The maximum Gasteiger partial charge on any atom is 0.255 e. The highest BCUT2D eigenvalue weighted by Gasteiger charge is 2.35. The molecule has 3 heteroatoms. The van der Waals surface area contributed by atoms with Crippen LogP contribution in [0.4, 0.5) is 5.69 Å². The van der Waals surface area contributed by atoms with Gasteiger partial charge in [-0.1, -0.05) is 36.4 Å². The average molecular weight is 252 g/mol. The molecule has 1 atom stereocenters. The van der Waals surface area contributed by atoms with Crippen molar-refractivity contribution in [2.45, 2.75) is 19.5 Å². The second-order valence-electron chi connectivity index (χ2n) is 5.06. The van der Waals surface area contributed by atoms with Crippen molar-refractivity contribution in [3.8, 4) is 0 Å². The average Bonchev–Trinajstić information content (AvgIpc) is 2.39. The zero-order chi connectivity index (χ0) is 13.5. The van der Waals surface area contributed by atoms with Gasteiger partial charge in [0.05, 0.1) is 5.56 Å². The minimum absolute atomic E-state index is 0.0416. The van der Waals surface area contributed by atoms with Gasteiger partial charge in [-0.15, -0.1) is 0 Å². The molecule has 2 aromatic rings. The summed E-state index contributed by atoms with van der Waals surface area (Å²) in [6, 6.07) is 15.6. The van der Waals surface area contributed by atoms with Crippen LogP contribution in [0.15, 0.2) is 48.5 Å². The van der Waals surface area contributed by atoms with E-state index < -0.39 is 5.66 Å². The molecule has 0 radical (unpaired) electrons. The fourth-order valence-corrected chi connectivity index (χ4v) is 2.65. The number of carbonyl (C=O) groups excluding carboxylic acids is 1. The first kappa shape index (κ1) is 11.8. The van der Waals surface area contributed by atoms with Gasteiger partial charge in [0.25, 0.3) is 5.91 Å². The molecular weight excluding hydrogens is 236 g/mol. The molecule has 2 N–H and O–H groups in total. The van der Waals surface area contributed by atoms with E-state index in [4.69, 9.17) is 0 Å². The number of hydrogen-bond donors (Lipinski definition) is 2. The fourth-order valence-electron chi connectivity index (χ4n) is 2.65. The van der Waals surface area contributed by atoms with Gasteiger partial charge in [0.15, 0.2) is 0 Å². The van der Waals surface area contributed by atoms with Gasteiger partial charge in [-0.25, -0.2) is 0 Å². The van der Waals surface area contributed by atoms with Gasteiger partial charge in [-0.3, -0.25) is 4.79 Å². The summed E-state index contributed by atoms with van der Waals surface area (Å²) in [5, 5.41) is 6.48. The van der Waals surface area contributed by atoms with Crippen LogP contribution in [0, 0.1) is 6.92 Å². The predicted molar refractivity (Wildman–Crippen MR) is 76.1 cm³/mol. The molecule has 0 bridgehead atoms. The number of rotatable bonds is 1. The van der Waals surface area contributed by atoms with Gasteiger partial charge in [-0.2, -0.15) is 0 Å². The summed E-state index contributed by atoms with van der Waals surface area (Å²) >= 11 is 0. The predicted octanol–water partition coefficient (Wildman–Crippen LogP) is 3.02. The standard InChI is InChI=1S/C16H16N2O/c1-11-7-3-5-9-13(11)16(2)17-14-10-6-4-8-12(14)15(19)18-16/h3-10,17H,1-2H3,(H,18,19). The molecule has 96 valence electrons. The van der Waals surface area contributed by atoms with Crippen LogP contribution < -0.4 is 10.6 Å². The number of anilines is 1. The molecule has 19 heavy (non-hydrogen) atoms. The second kappa shape index (κ2) is 4.12. The molecule has 0 fully saturated rings. The van der Waals surface area contributed by atoms with Crippen LogP contribution in [0.3, 0.4) is 0 Å². The highest BCUT2D eigenvalue weighted by atomic mass is 16.2. The quantitative estimate of drug-likeness (QED) is 0.819. The van der Waals surface area contributed by atoms with E-state index >= 15 is 0 Å². The largest absolute Gasteiger partial charge is 0.359 e. The maximum absolute atomic E-state index is 12.2. The van der Waals surface area contributed by atoms with Crippen molar-refractivity contribution >= 4 is 11.6 Å². The molecule has 3 nitrogen and oxygen atoms in total. The lowest BCUT2D eigenvalue weighted by Gasteiger charge is -2.38. The summed E-state index contributed by atoms with van der Waals surface area (Å²) < 4.78 is 0. The van der Waals surface area contributed by atoms with Crippen LogP contribution in [0.1, 0.15) is 28.4 Å². The first-order valence-corrected chi connectivity index (χ1v) is 6.36. The molecule has 1 aliphatic rings. The summed E-state index contributed by atoms with van der Waals surface area (Å²) in [4.78, 5) is 12.2. The Morgan fingerprint density at radius 1 is 0.947 bits per heavy atom. The summed E-state index contributed by atoms with van der Waals surface area (Å²) in [5.74, 6) is -0.0416. The van der Waals surface area contributed by atoms with Gasteiger partial charge < -0.3 is 10.6 Å². The molecule has 0 saturated heterocycles. The minimum atomic E-state index is -0.573. The van der Waals surface area contributed by atoms with Crippen molar-refractivity contribution in [2.75, 3.05) is 5.32 Å². The summed E-state index contributed by atoms with van der Waals surface area (Å²) in [7, 11) is 0. The number of para-hydroxylation sites is 1. The fraction of sp³-hybridized carbons (Fsp3) is 0.188. The van der Waals surface area contributed by atoms with Crippen LogP contribution in [-0.4, -0.2) is 5.91 Å². The van der Waals surface area contributed by atoms with Crippen LogP contribution in [-0.2, 0) is 5.66 Å². The highest BCUT2D eigenvalue weighted by molar-refractivity contribution is 6.02. The molecule has 0 aliphatic carbocycles. The highest BCUT2D eigenvalue weighted by Crippen LogP contribution is 2.31. The van der Waals surface area contributed by atoms with Crippen molar-refractivity contribution < 1.29 is 4.79 Å². The molecule has 0 aromatic heterocycles. The van der Waals surface area contributed by atoms with Gasteiger partial charge in [0, 0.05) is 11.3 Å². The lowest BCUT2D eigenvalue weighted by Crippen LogP contribution is -2.53. The van der Waals surface area contributed by atoms with Crippen molar-refractivity contribution in [1.29, 1.82) is 0 Å². The third-order valence-corrected chi connectivity index (χ3v) is 3.60. The van der Waals surface area contributed by atoms with Crippen LogP contribution >= 0.6 is 0 Å². The Morgan fingerprint density at radius 3 is 2.42 bits per heavy atom. The van der Waals surface area contributed by atoms with Crippen LogP contribution in [0.2, 0.25) is 0 Å².